The molecule has 0 unspecified atom stereocenters. The number of nitro benzene ring substituents is 1. The van der Waals surface area contributed by atoms with Crippen LogP contribution >= 0.6 is 12.2 Å². The van der Waals surface area contributed by atoms with Crippen LogP contribution in [0.25, 0.3) is 6.08 Å². The van der Waals surface area contributed by atoms with Crippen LogP contribution in [0, 0.1) is 21.4 Å². The Morgan fingerprint density at radius 3 is 2.78 bits per heavy atom. The maximum atomic E-state index is 10.7. The summed E-state index contributed by atoms with van der Waals surface area (Å²) in [6.07, 6.45) is 1.36. The van der Waals surface area contributed by atoms with E-state index in [2.05, 4.69) is 0 Å². The molecule has 0 bridgehead atoms. The first-order valence-corrected chi connectivity index (χ1v) is 5.14. The van der Waals surface area contributed by atoms with Crippen LogP contribution < -0.4 is 10.5 Å². The number of rotatable bonds is 4. The van der Waals surface area contributed by atoms with Gasteiger partial charge in [-0.3, -0.25) is 10.1 Å². The number of nitrogens with two attached hydrogens (primary N) is 1. The number of ether oxygens (including phenoxy) is 1. The van der Waals surface area contributed by atoms with Crippen molar-refractivity contribution >= 4 is 29.0 Å². The summed E-state index contributed by atoms with van der Waals surface area (Å²) in [4.78, 5) is 10.1. The van der Waals surface area contributed by atoms with E-state index in [1.807, 2.05) is 6.07 Å². The zero-order valence-electron chi connectivity index (χ0n) is 9.41. The number of methoxy groups -OCH3 is 1. The van der Waals surface area contributed by atoms with Crippen LogP contribution in [-0.4, -0.2) is 17.0 Å². The molecule has 18 heavy (non-hydrogen) atoms. The van der Waals surface area contributed by atoms with Gasteiger partial charge in [0, 0.05) is 17.7 Å². The highest BCUT2D eigenvalue weighted by Crippen LogP contribution is 2.26. The predicted octanol–water partition coefficient (Wildman–Crippen LogP) is 1.80. The summed E-state index contributed by atoms with van der Waals surface area (Å²) in [5.74, 6) is 0.393. The SMILES string of the molecule is COc1ccc([N+](=O)[O-])cc1/C=C(\C#N)C(N)=S. The maximum Gasteiger partial charge on any atom is 0.270 e. The number of benzene rings is 1. The third-order valence-corrected chi connectivity index (χ3v) is 2.33. The van der Waals surface area contributed by atoms with E-state index in [-0.39, 0.29) is 16.2 Å². The Hall–Kier alpha value is -2.46. The minimum Gasteiger partial charge on any atom is -0.496 e. The molecule has 6 nitrogen and oxygen atoms in total. The molecule has 0 radical (unpaired) electrons. The molecule has 0 amide bonds. The second kappa shape index (κ2) is 5.75. The molecule has 0 fully saturated rings. The third-order valence-electron chi connectivity index (χ3n) is 2.11. The van der Waals surface area contributed by atoms with Crippen LogP contribution in [0.4, 0.5) is 5.69 Å². The first kappa shape index (κ1) is 13.6. The van der Waals surface area contributed by atoms with Crippen LogP contribution in [0.15, 0.2) is 23.8 Å². The third kappa shape index (κ3) is 3.02. The molecule has 1 aromatic rings. The summed E-state index contributed by atoms with van der Waals surface area (Å²) in [5, 5.41) is 19.5. The number of thiocarbonyl (C=S) groups is 1. The van der Waals surface area contributed by atoms with E-state index < -0.39 is 4.92 Å². The topological polar surface area (TPSA) is 102 Å². The molecule has 2 N–H and O–H groups in total. The van der Waals surface area contributed by atoms with Gasteiger partial charge in [-0.25, -0.2) is 0 Å². The van der Waals surface area contributed by atoms with E-state index >= 15 is 0 Å². The molecule has 0 aliphatic heterocycles. The quantitative estimate of drug-likeness (QED) is 0.292. The van der Waals surface area contributed by atoms with Crippen LogP contribution in [-0.2, 0) is 0 Å². The van der Waals surface area contributed by atoms with Crippen LogP contribution in [0.5, 0.6) is 5.75 Å². The molecular formula is C11H9N3O3S. The summed E-state index contributed by atoms with van der Waals surface area (Å²) in [6.45, 7) is 0. The van der Waals surface area contributed by atoms with Crippen molar-refractivity contribution < 1.29 is 9.66 Å². The Bertz CT molecular complexity index is 575. The summed E-state index contributed by atoms with van der Waals surface area (Å²) < 4.78 is 5.04. The smallest absolute Gasteiger partial charge is 0.270 e. The van der Waals surface area contributed by atoms with E-state index in [1.165, 1.54) is 31.4 Å². The Kier molecular flexibility index (Phi) is 4.34. The molecule has 7 heteroatoms. The first-order valence-electron chi connectivity index (χ1n) is 4.73. The zero-order valence-corrected chi connectivity index (χ0v) is 10.2. The minimum absolute atomic E-state index is 0.0591. The van der Waals surface area contributed by atoms with Crippen molar-refractivity contribution in [2.24, 2.45) is 5.73 Å². The van der Waals surface area contributed by atoms with E-state index in [4.69, 9.17) is 28.0 Å². The number of hydrogen-bond acceptors (Lipinski definition) is 5. The maximum absolute atomic E-state index is 10.7. The van der Waals surface area contributed by atoms with Crippen molar-refractivity contribution in [2.75, 3.05) is 7.11 Å². The number of nitriles is 1. The van der Waals surface area contributed by atoms with Gasteiger partial charge < -0.3 is 10.5 Å². The molecule has 0 atom stereocenters. The fourth-order valence-electron chi connectivity index (χ4n) is 1.26. The van der Waals surface area contributed by atoms with Crippen molar-refractivity contribution in [2.45, 2.75) is 0 Å². The number of hydrogen-bond donors (Lipinski definition) is 1. The summed E-state index contributed by atoms with van der Waals surface area (Å²) >= 11 is 4.69. The normalized spacial score (nSPS) is 10.6. The van der Waals surface area contributed by atoms with Crippen molar-refractivity contribution in [1.82, 2.24) is 0 Å². The van der Waals surface area contributed by atoms with Crippen molar-refractivity contribution in [3.63, 3.8) is 0 Å². The Morgan fingerprint density at radius 1 is 1.67 bits per heavy atom. The van der Waals surface area contributed by atoms with Gasteiger partial charge in [0.15, 0.2) is 0 Å². The average molecular weight is 263 g/mol. The second-order valence-electron chi connectivity index (χ2n) is 3.22. The molecule has 0 aliphatic carbocycles. The lowest BCUT2D eigenvalue weighted by Gasteiger charge is -2.05. The first-order chi connectivity index (χ1) is 8.49. The van der Waals surface area contributed by atoms with Crippen LogP contribution in [0.3, 0.4) is 0 Å². The number of nitrogens with zero attached hydrogens (tertiary/aromatic N) is 2. The van der Waals surface area contributed by atoms with E-state index in [0.29, 0.717) is 11.3 Å². The van der Waals surface area contributed by atoms with Crippen LogP contribution in [0.2, 0.25) is 0 Å². The Balaban J connectivity index is 3.37. The minimum atomic E-state index is -0.538. The summed E-state index contributed by atoms with van der Waals surface area (Å²) in [5.41, 5.74) is 5.67. The lowest BCUT2D eigenvalue weighted by Crippen LogP contribution is -2.09. The van der Waals surface area contributed by atoms with Gasteiger partial charge in [0.25, 0.3) is 5.69 Å². The van der Waals surface area contributed by atoms with Gasteiger partial charge in [0.05, 0.1) is 17.6 Å². The van der Waals surface area contributed by atoms with E-state index in [0.717, 1.165) is 0 Å². The molecule has 0 saturated carbocycles. The largest absolute Gasteiger partial charge is 0.496 e. The predicted molar refractivity (Wildman–Crippen MR) is 70.0 cm³/mol. The highest BCUT2D eigenvalue weighted by Gasteiger charge is 2.11. The second-order valence-corrected chi connectivity index (χ2v) is 3.66. The van der Waals surface area contributed by atoms with Gasteiger partial charge in [-0.2, -0.15) is 5.26 Å². The molecule has 92 valence electrons. The monoisotopic (exact) mass is 263 g/mol. The summed E-state index contributed by atoms with van der Waals surface area (Å²) in [7, 11) is 1.42. The van der Waals surface area contributed by atoms with E-state index in [1.54, 1.807) is 0 Å². The highest BCUT2D eigenvalue weighted by atomic mass is 32.1. The van der Waals surface area contributed by atoms with Crippen molar-refractivity contribution in [1.29, 1.82) is 5.26 Å². The lowest BCUT2D eigenvalue weighted by atomic mass is 10.1. The number of nitro groups is 1. The molecule has 1 rings (SSSR count). The molecule has 1 aromatic carbocycles. The lowest BCUT2D eigenvalue weighted by molar-refractivity contribution is -0.384. The van der Waals surface area contributed by atoms with Gasteiger partial charge in [-0.15, -0.1) is 0 Å². The average Bonchev–Trinajstić information content (AvgIpc) is 2.35. The van der Waals surface area contributed by atoms with E-state index in [9.17, 15) is 10.1 Å². The molecule has 0 aromatic heterocycles. The Morgan fingerprint density at radius 2 is 2.33 bits per heavy atom. The standard InChI is InChI=1S/C11H9N3O3S/c1-17-10-3-2-9(14(15)16)5-7(10)4-8(6-12)11(13)18/h2-5H,1H3,(H2,13,18)/b8-4+. The van der Waals surface area contributed by atoms with Crippen molar-refractivity contribution in [3.05, 3.63) is 39.4 Å². The highest BCUT2D eigenvalue weighted by molar-refractivity contribution is 7.80. The number of non-ortho nitro benzene ring substituents is 1. The van der Waals surface area contributed by atoms with Gasteiger partial charge in [0.1, 0.15) is 16.8 Å². The van der Waals surface area contributed by atoms with Crippen LogP contribution in [0.1, 0.15) is 5.56 Å². The van der Waals surface area contributed by atoms with Gasteiger partial charge >= 0.3 is 0 Å². The Labute approximate surface area is 108 Å². The molecule has 0 heterocycles. The van der Waals surface area contributed by atoms with Gasteiger partial charge in [-0.1, -0.05) is 12.2 Å². The van der Waals surface area contributed by atoms with Gasteiger partial charge in [0.2, 0.25) is 0 Å². The van der Waals surface area contributed by atoms with Crippen molar-refractivity contribution in [3.8, 4) is 11.8 Å². The summed E-state index contributed by atoms with van der Waals surface area (Å²) in [6, 6.07) is 5.86. The fourth-order valence-corrected chi connectivity index (χ4v) is 1.37. The molecule has 0 saturated heterocycles. The molecular weight excluding hydrogens is 254 g/mol. The fraction of sp³-hybridized carbons (Fsp3) is 0.0909. The zero-order chi connectivity index (χ0) is 13.7. The van der Waals surface area contributed by atoms with Gasteiger partial charge in [-0.05, 0) is 12.1 Å². The molecule has 0 spiro atoms. The molecule has 0 aliphatic rings.